The maximum absolute atomic E-state index is 12.1. The van der Waals surface area contributed by atoms with Crippen LogP contribution in [0.2, 0.25) is 0 Å². The third-order valence-electron chi connectivity index (χ3n) is 5.60. The lowest BCUT2D eigenvalue weighted by molar-refractivity contribution is -0.135. The summed E-state index contributed by atoms with van der Waals surface area (Å²) in [5.41, 5.74) is 0.552. The van der Waals surface area contributed by atoms with E-state index in [0.717, 1.165) is 51.1 Å². The fourth-order valence-corrected chi connectivity index (χ4v) is 3.71. The van der Waals surface area contributed by atoms with Gasteiger partial charge in [0.1, 0.15) is 0 Å². The van der Waals surface area contributed by atoms with Crippen molar-refractivity contribution < 1.29 is 4.79 Å². The molecule has 0 atom stereocenters. The van der Waals surface area contributed by atoms with Crippen LogP contribution in [0, 0.1) is 17.3 Å². The van der Waals surface area contributed by atoms with Gasteiger partial charge in [-0.25, -0.2) is 0 Å². The van der Waals surface area contributed by atoms with E-state index in [1.807, 2.05) is 18.7 Å². The number of nitrogens with one attached hydrogen (secondary N) is 1. The molecule has 0 bridgehead atoms. The Morgan fingerprint density at radius 2 is 1.78 bits per heavy atom. The first-order chi connectivity index (χ1) is 11.1. The SMILES string of the molecule is CCNC(=NCC1(C2CC2)CC1)N1CCN(C(=O)C(C)C)CC1. The standard InChI is InChI=1S/C18H32N4O/c1-4-19-17(20-13-18(7-8-18)15-5-6-15)22-11-9-21(10-12-22)16(23)14(2)3/h14-15H,4-13H2,1-3H3,(H,19,20). The number of hydrogen-bond acceptors (Lipinski definition) is 2. The zero-order valence-electron chi connectivity index (χ0n) is 15.0. The zero-order chi connectivity index (χ0) is 16.4. The van der Waals surface area contributed by atoms with Crippen LogP contribution in [0.5, 0.6) is 0 Å². The van der Waals surface area contributed by atoms with Gasteiger partial charge in [-0.05, 0) is 43.9 Å². The number of carbonyl (C=O) groups is 1. The molecule has 1 aliphatic heterocycles. The Bertz CT molecular complexity index is 458. The van der Waals surface area contributed by atoms with E-state index >= 15 is 0 Å². The second kappa shape index (κ2) is 6.70. The third-order valence-corrected chi connectivity index (χ3v) is 5.60. The van der Waals surface area contributed by atoms with Gasteiger partial charge in [-0.3, -0.25) is 9.79 Å². The molecule has 0 radical (unpaired) electrons. The second-order valence-corrected chi connectivity index (χ2v) is 7.77. The molecule has 0 aromatic rings. The predicted molar refractivity (Wildman–Crippen MR) is 93.4 cm³/mol. The van der Waals surface area contributed by atoms with E-state index < -0.39 is 0 Å². The van der Waals surface area contributed by atoms with Crippen molar-refractivity contribution in [3.8, 4) is 0 Å². The average molecular weight is 320 g/mol. The fraction of sp³-hybridized carbons (Fsp3) is 0.889. The van der Waals surface area contributed by atoms with Crippen LogP contribution in [0.1, 0.15) is 46.5 Å². The molecule has 1 saturated heterocycles. The molecular formula is C18H32N4O. The van der Waals surface area contributed by atoms with Crippen molar-refractivity contribution in [3.63, 3.8) is 0 Å². The van der Waals surface area contributed by atoms with Crippen LogP contribution in [-0.2, 0) is 4.79 Å². The van der Waals surface area contributed by atoms with Crippen molar-refractivity contribution in [1.29, 1.82) is 0 Å². The van der Waals surface area contributed by atoms with Gasteiger partial charge in [0.2, 0.25) is 5.91 Å². The molecule has 1 amide bonds. The minimum Gasteiger partial charge on any atom is -0.357 e. The van der Waals surface area contributed by atoms with E-state index in [1.54, 1.807) is 0 Å². The van der Waals surface area contributed by atoms with Crippen molar-refractivity contribution in [1.82, 2.24) is 15.1 Å². The molecule has 3 aliphatic rings. The summed E-state index contributed by atoms with van der Waals surface area (Å²) >= 11 is 0. The third kappa shape index (κ3) is 3.81. The van der Waals surface area contributed by atoms with Crippen molar-refractivity contribution in [2.75, 3.05) is 39.3 Å². The van der Waals surface area contributed by atoms with Gasteiger partial charge in [0.15, 0.2) is 5.96 Å². The van der Waals surface area contributed by atoms with Gasteiger partial charge in [-0.15, -0.1) is 0 Å². The molecule has 2 saturated carbocycles. The predicted octanol–water partition coefficient (Wildman–Crippen LogP) is 1.94. The monoisotopic (exact) mass is 320 g/mol. The number of hydrogen-bond donors (Lipinski definition) is 1. The second-order valence-electron chi connectivity index (χ2n) is 7.77. The van der Waals surface area contributed by atoms with Gasteiger partial charge >= 0.3 is 0 Å². The normalized spacial score (nSPS) is 24.1. The molecule has 1 N–H and O–H groups in total. The minimum absolute atomic E-state index is 0.0942. The Morgan fingerprint density at radius 3 is 2.26 bits per heavy atom. The van der Waals surface area contributed by atoms with Crippen LogP contribution >= 0.6 is 0 Å². The van der Waals surface area contributed by atoms with Crippen molar-refractivity contribution in [2.24, 2.45) is 22.2 Å². The lowest BCUT2D eigenvalue weighted by atomic mass is 10.0. The number of amides is 1. The van der Waals surface area contributed by atoms with Crippen LogP contribution in [0.15, 0.2) is 4.99 Å². The molecule has 5 nitrogen and oxygen atoms in total. The molecule has 0 unspecified atom stereocenters. The van der Waals surface area contributed by atoms with E-state index in [4.69, 9.17) is 4.99 Å². The maximum Gasteiger partial charge on any atom is 0.225 e. The Morgan fingerprint density at radius 1 is 1.17 bits per heavy atom. The molecule has 1 heterocycles. The summed E-state index contributed by atoms with van der Waals surface area (Å²) in [5.74, 6) is 2.37. The molecule has 5 heteroatoms. The minimum atomic E-state index is 0.0942. The highest BCUT2D eigenvalue weighted by Crippen LogP contribution is 2.61. The summed E-state index contributed by atoms with van der Waals surface area (Å²) in [7, 11) is 0. The fourth-order valence-electron chi connectivity index (χ4n) is 3.71. The first kappa shape index (κ1) is 16.6. The summed E-state index contributed by atoms with van der Waals surface area (Å²) in [6.07, 6.45) is 5.58. The first-order valence-electron chi connectivity index (χ1n) is 9.38. The molecular weight excluding hydrogens is 288 g/mol. The molecule has 3 fully saturated rings. The van der Waals surface area contributed by atoms with E-state index in [1.165, 1.54) is 25.7 Å². The van der Waals surface area contributed by atoms with Crippen LogP contribution in [-0.4, -0.2) is 60.9 Å². The summed E-state index contributed by atoms with van der Waals surface area (Å²) in [5, 5.41) is 3.45. The number of guanidine groups is 1. The molecule has 0 aromatic carbocycles. The highest BCUT2D eigenvalue weighted by atomic mass is 16.2. The maximum atomic E-state index is 12.1. The van der Waals surface area contributed by atoms with Gasteiger partial charge in [0.05, 0.1) is 0 Å². The van der Waals surface area contributed by atoms with Gasteiger partial charge in [-0.1, -0.05) is 13.8 Å². The Labute approximate surface area is 140 Å². The Hall–Kier alpha value is -1.26. The van der Waals surface area contributed by atoms with E-state index in [9.17, 15) is 4.79 Å². The summed E-state index contributed by atoms with van der Waals surface area (Å²) in [4.78, 5) is 21.4. The summed E-state index contributed by atoms with van der Waals surface area (Å²) in [6.45, 7) is 11.4. The van der Waals surface area contributed by atoms with Crippen LogP contribution in [0.4, 0.5) is 0 Å². The van der Waals surface area contributed by atoms with Crippen LogP contribution in [0.25, 0.3) is 0 Å². The van der Waals surface area contributed by atoms with Crippen molar-refractivity contribution in [2.45, 2.75) is 46.5 Å². The van der Waals surface area contributed by atoms with Crippen molar-refractivity contribution >= 4 is 11.9 Å². The van der Waals surface area contributed by atoms with Crippen molar-refractivity contribution in [3.05, 3.63) is 0 Å². The number of aliphatic imine (C=N–C) groups is 1. The Kier molecular flexibility index (Phi) is 4.83. The van der Waals surface area contributed by atoms with E-state index in [2.05, 4.69) is 17.1 Å². The zero-order valence-corrected chi connectivity index (χ0v) is 15.0. The highest BCUT2D eigenvalue weighted by molar-refractivity contribution is 5.81. The number of rotatable bonds is 5. The van der Waals surface area contributed by atoms with Crippen LogP contribution < -0.4 is 5.32 Å². The molecule has 3 rings (SSSR count). The molecule has 2 aliphatic carbocycles. The van der Waals surface area contributed by atoms with Gasteiger partial charge < -0.3 is 15.1 Å². The lowest BCUT2D eigenvalue weighted by Gasteiger charge is -2.37. The van der Waals surface area contributed by atoms with Crippen LogP contribution in [0.3, 0.4) is 0 Å². The molecule has 0 spiro atoms. The highest BCUT2D eigenvalue weighted by Gasteiger charge is 2.53. The number of piperazine rings is 1. The molecule has 0 aromatic heterocycles. The quantitative estimate of drug-likeness (QED) is 0.622. The van der Waals surface area contributed by atoms with E-state index in [0.29, 0.717) is 5.41 Å². The summed E-state index contributed by atoms with van der Waals surface area (Å²) in [6, 6.07) is 0. The summed E-state index contributed by atoms with van der Waals surface area (Å²) < 4.78 is 0. The number of carbonyl (C=O) groups excluding carboxylic acids is 1. The topological polar surface area (TPSA) is 47.9 Å². The molecule has 23 heavy (non-hydrogen) atoms. The Balaban J connectivity index is 1.56. The first-order valence-corrected chi connectivity index (χ1v) is 9.38. The van der Waals surface area contributed by atoms with Gasteiger partial charge in [0.25, 0.3) is 0 Å². The smallest absolute Gasteiger partial charge is 0.225 e. The van der Waals surface area contributed by atoms with Gasteiger partial charge in [0, 0.05) is 45.2 Å². The molecule has 130 valence electrons. The lowest BCUT2D eigenvalue weighted by Crippen LogP contribution is -2.54. The largest absolute Gasteiger partial charge is 0.357 e. The number of nitrogens with zero attached hydrogens (tertiary/aromatic N) is 3. The average Bonchev–Trinajstić information content (AvgIpc) is 3.43. The van der Waals surface area contributed by atoms with Gasteiger partial charge in [-0.2, -0.15) is 0 Å². The van der Waals surface area contributed by atoms with E-state index in [-0.39, 0.29) is 11.8 Å².